The zero-order valence-electron chi connectivity index (χ0n) is 31.4. The Morgan fingerprint density at radius 1 is 0.961 bits per heavy atom. The van der Waals surface area contributed by atoms with Gasteiger partial charge >= 0.3 is 0 Å². The van der Waals surface area contributed by atoms with E-state index in [1.807, 2.05) is 39.0 Å². The molecule has 0 bridgehead atoms. The van der Waals surface area contributed by atoms with Crippen molar-refractivity contribution >= 4 is 38.6 Å². The van der Waals surface area contributed by atoms with Crippen LogP contribution in [-0.4, -0.2) is 48.7 Å². The van der Waals surface area contributed by atoms with Crippen LogP contribution in [0.25, 0.3) is 5.57 Å². The molecule has 5 rings (SSSR count). The second kappa shape index (κ2) is 15.1. The van der Waals surface area contributed by atoms with Gasteiger partial charge in [0.25, 0.3) is 0 Å². The summed E-state index contributed by atoms with van der Waals surface area (Å²) in [6.07, 6.45) is 9.18. The molecule has 270 valence electrons. The summed E-state index contributed by atoms with van der Waals surface area (Å²) in [4.78, 5) is 14.6. The first-order valence-electron chi connectivity index (χ1n) is 18.1. The number of allylic oxidation sites excluding steroid dienone is 4. The van der Waals surface area contributed by atoms with Crippen LogP contribution in [0.3, 0.4) is 0 Å². The number of nitrogens with zero attached hydrogens (tertiary/aromatic N) is 2. The molecule has 2 heterocycles. The molecule has 8 heteroatoms. The van der Waals surface area contributed by atoms with Crippen LogP contribution in [0.15, 0.2) is 101 Å². The predicted octanol–water partition coefficient (Wildman–Crippen LogP) is 9.34. The van der Waals surface area contributed by atoms with Crippen LogP contribution in [0.4, 0.5) is 11.4 Å². The highest BCUT2D eigenvalue weighted by Crippen LogP contribution is 2.44. The Hall–Kier alpha value is -4.27. The predicted molar refractivity (Wildman–Crippen MR) is 206 cm³/mol. The number of unbranched alkanes of at least 4 members (excludes halogenated alkanes) is 2. The Labute approximate surface area is 304 Å². The molecular weight excluding hydrogens is 657 g/mol. The van der Waals surface area contributed by atoms with E-state index in [1.165, 1.54) is 12.1 Å². The maximum absolute atomic E-state index is 12.5. The molecule has 7 nitrogen and oxygen atoms in total. The minimum absolute atomic E-state index is 0.227. The van der Waals surface area contributed by atoms with Crippen molar-refractivity contribution in [1.82, 2.24) is 0 Å². The molecule has 0 aliphatic carbocycles. The lowest BCUT2D eigenvalue weighted by Gasteiger charge is -2.27. The smallest absolute Gasteiger partial charge is 0.209 e. The minimum atomic E-state index is -4.62. The van der Waals surface area contributed by atoms with Crippen molar-refractivity contribution < 1.29 is 27.1 Å². The summed E-state index contributed by atoms with van der Waals surface area (Å²) < 4.78 is 44.9. The third-order valence-corrected chi connectivity index (χ3v) is 11.0. The SMILES string of the molecule is CCN(CC)c1ccc2c(c1)O/C(=C/C=C/C1=[N+](CCCCCC(=O)C(C)(C)C)c3ccc(S(=O)(=O)[O-])cc3C1(C)C)C(C)=C2c1ccccc1. The minimum Gasteiger partial charge on any atom is -0.744 e. The molecule has 51 heavy (non-hydrogen) atoms. The van der Waals surface area contributed by atoms with E-state index in [1.54, 1.807) is 6.07 Å². The number of benzene rings is 3. The molecule has 0 radical (unpaired) electrons. The van der Waals surface area contributed by atoms with Gasteiger partial charge in [0.1, 0.15) is 34.0 Å². The average Bonchev–Trinajstić information content (AvgIpc) is 3.29. The lowest BCUT2D eigenvalue weighted by molar-refractivity contribution is -0.438. The van der Waals surface area contributed by atoms with Gasteiger partial charge in [0.05, 0.1) is 10.3 Å². The van der Waals surface area contributed by atoms with Crippen molar-refractivity contribution in [2.45, 2.75) is 91.4 Å². The molecule has 3 aromatic carbocycles. The number of carbonyl (C=O) groups is 1. The fourth-order valence-electron chi connectivity index (χ4n) is 7.13. The lowest BCUT2D eigenvalue weighted by Crippen LogP contribution is -2.28. The summed E-state index contributed by atoms with van der Waals surface area (Å²) in [7, 11) is -4.62. The zero-order chi connectivity index (χ0) is 37.1. The molecule has 2 aliphatic rings. The number of ether oxygens (including phenoxy) is 1. The summed E-state index contributed by atoms with van der Waals surface area (Å²) in [6.45, 7) is 18.9. The number of Topliss-reactive ketones (excluding diaryl/α,β-unsaturated/α-hetero) is 1. The summed E-state index contributed by atoms with van der Waals surface area (Å²) in [5.74, 6) is 1.82. The molecular formula is C43H52N2O5S. The van der Waals surface area contributed by atoms with Crippen LogP contribution in [-0.2, 0) is 20.3 Å². The monoisotopic (exact) mass is 708 g/mol. The highest BCUT2D eigenvalue weighted by atomic mass is 32.2. The summed E-state index contributed by atoms with van der Waals surface area (Å²) in [6, 6.07) is 21.5. The number of ketones is 1. The number of hydrogen-bond acceptors (Lipinski definition) is 6. The van der Waals surface area contributed by atoms with Crippen molar-refractivity contribution in [3.8, 4) is 5.75 Å². The molecule has 0 saturated heterocycles. The van der Waals surface area contributed by atoms with Crippen molar-refractivity contribution in [2.75, 3.05) is 24.5 Å². The fraction of sp³-hybridized carbons (Fsp3) is 0.395. The van der Waals surface area contributed by atoms with Crippen LogP contribution >= 0.6 is 0 Å². The summed E-state index contributed by atoms with van der Waals surface area (Å²) in [5, 5.41) is 0. The van der Waals surface area contributed by atoms with Gasteiger partial charge in [-0.2, -0.15) is 4.58 Å². The average molecular weight is 709 g/mol. The van der Waals surface area contributed by atoms with Crippen LogP contribution < -0.4 is 9.64 Å². The Morgan fingerprint density at radius 3 is 2.31 bits per heavy atom. The standard InChI is InChI=1S/C43H52N2O5S/c1-9-44(10-2)32-23-25-34-38(28-32)50-37(30(3)41(34)31-18-13-11-14-19-31)20-17-21-39-43(7,8)35-29-33(51(47,48)49)24-26-36(35)45(39)27-16-12-15-22-40(46)42(4,5)6/h11,13-14,17-21,23-26,28-29H,9-10,12,15-16,22,27H2,1-8H3. The highest BCUT2D eigenvalue weighted by Gasteiger charge is 2.44. The Balaban J connectivity index is 1.52. The number of fused-ring (bicyclic) bond motifs is 2. The summed E-state index contributed by atoms with van der Waals surface area (Å²) >= 11 is 0. The number of anilines is 1. The third kappa shape index (κ3) is 8.13. The zero-order valence-corrected chi connectivity index (χ0v) is 32.2. The topological polar surface area (TPSA) is 89.8 Å². The molecule has 0 unspecified atom stereocenters. The second-order valence-corrected chi connectivity index (χ2v) is 16.4. The van der Waals surface area contributed by atoms with Gasteiger partial charge in [-0.3, -0.25) is 4.79 Å². The molecule has 0 spiro atoms. The molecule has 0 aromatic heterocycles. The van der Waals surface area contributed by atoms with E-state index >= 15 is 0 Å². The maximum Gasteiger partial charge on any atom is 0.209 e. The van der Waals surface area contributed by atoms with Gasteiger partial charge in [-0.1, -0.05) is 57.2 Å². The summed E-state index contributed by atoms with van der Waals surface area (Å²) in [5.41, 5.74) is 7.19. The Bertz CT molecular complexity index is 2030. The van der Waals surface area contributed by atoms with Gasteiger partial charge in [0.2, 0.25) is 5.69 Å². The Morgan fingerprint density at radius 2 is 1.67 bits per heavy atom. The maximum atomic E-state index is 12.5. The van der Waals surface area contributed by atoms with E-state index in [2.05, 4.69) is 92.6 Å². The normalized spacial score (nSPS) is 16.5. The van der Waals surface area contributed by atoms with Gasteiger partial charge in [-0.25, -0.2) is 8.42 Å². The first kappa shape index (κ1) is 38.0. The van der Waals surface area contributed by atoms with Crippen LogP contribution in [0.1, 0.15) is 97.8 Å². The first-order valence-corrected chi connectivity index (χ1v) is 19.5. The largest absolute Gasteiger partial charge is 0.744 e. The van der Waals surface area contributed by atoms with Gasteiger partial charge < -0.3 is 14.2 Å². The van der Waals surface area contributed by atoms with E-state index in [0.29, 0.717) is 13.0 Å². The van der Waals surface area contributed by atoms with E-state index in [-0.39, 0.29) is 16.1 Å². The van der Waals surface area contributed by atoms with Crippen LogP contribution in [0.2, 0.25) is 0 Å². The van der Waals surface area contributed by atoms with E-state index in [0.717, 1.165) is 88.8 Å². The molecule has 0 atom stereocenters. The van der Waals surface area contributed by atoms with E-state index in [9.17, 15) is 17.8 Å². The molecule has 3 aromatic rings. The van der Waals surface area contributed by atoms with Crippen molar-refractivity contribution in [1.29, 1.82) is 0 Å². The first-order chi connectivity index (χ1) is 24.1. The quantitative estimate of drug-likeness (QED) is 0.0999. The van der Waals surface area contributed by atoms with Gasteiger partial charge in [0, 0.05) is 71.9 Å². The fourth-order valence-corrected chi connectivity index (χ4v) is 7.63. The lowest BCUT2D eigenvalue weighted by atomic mass is 9.81. The highest BCUT2D eigenvalue weighted by molar-refractivity contribution is 7.85. The molecule has 0 amide bonds. The van der Waals surface area contributed by atoms with Gasteiger partial charge in [-0.15, -0.1) is 0 Å². The van der Waals surface area contributed by atoms with E-state index in [4.69, 9.17) is 4.74 Å². The molecule has 0 N–H and O–H groups in total. The van der Waals surface area contributed by atoms with Crippen LogP contribution in [0, 0.1) is 5.41 Å². The van der Waals surface area contributed by atoms with Gasteiger partial charge in [-0.05, 0) is 88.9 Å². The number of carbonyl (C=O) groups excluding carboxylic acids is 1. The molecule has 2 aliphatic heterocycles. The van der Waals surface area contributed by atoms with Gasteiger partial charge in [0.15, 0.2) is 5.71 Å². The second-order valence-electron chi connectivity index (χ2n) is 15.0. The van der Waals surface area contributed by atoms with Crippen molar-refractivity contribution in [2.24, 2.45) is 5.41 Å². The van der Waals surface area contributed by atoms with Crippen molar-refractivity contribution in [3.05, 3.63) is 113 Å². The third-order valence-electron chi connectivity index (χ3n) is 10.2. The Kier molecular flexibility index (Phi) is 11.3. The molecule has 0 saturated carbocycles. The van der Waals surface area contributed by atoms with E-state index < -0.39 is 15.5 Å². The van der Waals surface area contributed by atoms with Crippen LogP contribution in [0.5, 0.6) is 5.75 Å². The number of rotatable bonds is 13. The van der Waals surface area contributed by atoms with Crippen molar-refractivity contribution in [3.63, 3.8) is 0 Å². The molecule has 0 fully saturated rings. The number of hydrogen-bond donors (Lipinski definition) is 0.